The van der Waals surface area contributed by atoms with E-state index < -0.39 is 6.10 Å². The second-order valence-electron chi connectivity index (χ2n) is 6.65. The number of ether oxygens (including phenoxy) is 1. The summed E-state index contributed by atoms with van der Waals surface area (Å²) in [5.74, 6) is 1.09. The summed E-state index contributed by atoms with van der Waals surface area (Å²) in [6.45, 7) is 0.708. The lowest BCUT2D eigenvalue weighted by Gasteiger charge is -2.13. The standard InChI is InChI=1S/C21H21NO4.ClH/c23-16(12-22-15-6-7-15)13-25-17-8-9-18-19(24)11-20(26-21(18)10-17)14-4-2-1-3-5-14;/h1-5,8-11,15-16,22-23H,6-7,12-13H2;1H. The molecule has 27 heavy (non-hydrogen) atoms. The summed E-state index contributed by atoms with van der Waals surface area (Å²) in [4.78, 5) is 12.4. The molecule has 0 aliphatic heterocycles. The van der Waals surface area contributed by atoms with Crippen LogP contribution in [0.1, 0.15) is 12.8 Å². The number of benzene rings is 2. The number of aliphatic hydroxyl groups excluding tert-OH is 1. The average molecular weight is 388 g/mol. The maximum Gasteiger partial charge on any atom is 0.193 e. The van der Waals surface area contributed by atoms with Crippen LogP contribution in [0.5, 0.6) is 5.75 Å². The van der Waals surface area contributed by atoms with Gasteiger partial charge in [0.2, 0.25) is 0 Å². The molecule has 3 aromatic rings. The first-order valence-corrected chi connectivity index (χ1v) is 8.86. The molecule has 2 aromatic carbocycles. The van der Waals surface area contributed by atoms with Gasteiger partial charge in [0, 0.05) is 30.3 Å². The Hall–Kier alpha value is -2.34. The molecular formula is C21H22ClNO4. The first-order valence-electron chi connectivity index (χ1n) is 8.86. The molecule has 1 atom stereocenters. The fourth-order valence-corrected chi connectivity index (χ4v) is 2.81. The zero-order valence-electron chi connectivity index (χ0n) is 14.8. The molecule has 1 heterocycles. The highest BCUT2D eigenvalue weighted by Crippen LogP contribution is 2.25. The fourth-order valence-electron chi connectivity index (χ4n) is 2.81. The normalized spacial score (nSPS) is 14.6. The molecule has 0 saturated heterocycles. The minimum atomic E-state index is -0.575. The number of fused-ring (bicyclic) bond motifs is 1. The van der Waals surface area contributed by atoms with Crippen LogP contribution >= 0.6 is 12.4 Å². The van der Waals surface area contributed by atoms with E-state index in [1.807, 2.05) is 30.3 Å². The van der Waals surface area contributed by atoms with Crippen LogP contribution in [0.4, 0.5) is 0 Å². The van der Waals surface area contributed by atoms with Crippen LogP contribution in [0.25, 0.3) is 22.3 Å². The van der Waals surface area contributed by atoms with E-state index in [1.54, 1.807) is 18.2 Å². The van der Waals surface area contributed by atoms with Gasteiger partial charge in [-0.15, -0.1) is 12.4 Å². The molecule has 0 bridgehead atoms. The van der Waals surface area contributed by atoms with E-state index in [0.717, 1.165) is 5.56 Å². The molecule has 4 rings (SSSR count). The van der Waals surface area contributed by atoms with E-state index in [0.29, 0.717) is 35.1 Å². The molecule has 1 aliphatic rings. The molecule has 1 unspecified atom stereocenters. The van der Waals surface area contributed by atoms with Crippen LogP contribution in [0, 0.1) is 0 Å². The zero-order valence-corrected chi connectivity index (χ0v) is 15.6. The minimum absolute atomic E-state index is 0. The van der Waals surface area contributed by atoms with Gasteiger partial charge >= 0.3 is 0 Å². The highest BCUT2D eigenvalue weighted by atomic mass is 35.5. The summed E-state index contributed by atoms with van der Waals surface area (Å²) in [5, 5.41) is 13.7. The van der Waals surface area contributed by atoms with Gasteiger partial charge in [0.25, 0.3) is 0 Å². The Morgan fingerprint density at radius 2 is 1.93 bits per heavy atom. The van der Waals surface area contributed by atoms with Gasteiger partial charge < -0.3 is 19.6 Å². The van der Waals surface area contributed by atoms with Gasteiger partial charge in [-0.3, -0.25) is 4.79 Å². The van der Waals surface area contributed by atoms with E-state index >= 15 is 0 Å². The van der Waals surface area contributed by atoms with Crippen molar-refractivity contribution in [1.29, 1.82) is 0 Å². The first-order chi connectivity index (χ1) is 12.7. The van der Waals surface area contributed by atoms with Gasteiger partial charge in [0.05, 0.1) is 5.39 Å². The summed E-state index contributed by atoms with van der Waals surface area (Å²) in [7, 11) is 0. The Balaban J connectivity index is 0.00000210. The Morgan fingerprint density at radius 1 is 1.15 bits per heavy atom. The molecule has 1 aromatic heterocycles. The molecule has 1 aliphatic carbocycles. The summed E-state index contributed by atoms with van der Waals surface area (Å²) in [6, 6.07) is 16.7. The Labute approximate surface area is 163 Å². The molecule has 2 N–H and O–H groups in total. The van der Waals surface area contributed by atoms with E-state index in [-0.39, 0.29) is 24.4 Å². The van der Waals surface area contributed by atoms with E-state index in [2.05, 4.69) is 5.32 Å². The number of halogens is 1. The van der Waals surface area contributed by atoms with E-state index in [9.17, 15) is 9.90 Å². The zero-order chi connectivity index (χ0) is 17.9. The predicted molar refractivity (Wildman–Crippen MR) is 108 cm³/mol. The first kappa shape index (κ1) is 19.4. The van der Waals surface area contributed by atoms with Crippen molar-refractivity contribution in [1.82, 2.24) is 5.32 Å². The summed E-state index contributed by atoms with van der Waals surface area (Å²) >= 11 is 0. The van der Waals surface area contributed by atoms with Crippen LogP contribution in [0.3, 0.4) is 0 Å². The lowest BCUT2D eigenvalue weighted by molar-refractivity contribution is 0.106. The largest absolute Gasteiger partial charge is 0.491 e. The van der Waals surface area contributed by atoms with Crippen LogP contribution < -0.4 is 15.5 Å². The average Bonchev–Trinajstić information content (AvgIpc) is 3.49. The van der Waals surface area contributed by atoms with Gasteiger partial charge in [-0.25, -0.2) is 0 Å². The smallest absolute Gasteiger partial charge is 0.193 e. The number of aliphatic hydroxyl groups is 1. The summed E-state index contributed by atoms with van der Waals surface area (Å²) < 4.78 is 11.6. The van der Waals surface area contributed by atoms with Crippen molar-refractivity contribution in [3.05, 3.63) is 64.8 Å². The molecule has 1 saturated carbocycles. The summed E-state index contributed by atoms with van der Waals surface area (Å²) in [6.07, 6.45) is 1.79. The van der Waals surface area contributed by atoms with Crippen molar-refractivity contribution in [3.63, 3.8) is 0 Å². The molecule has 0 radical (unpaired) electrons. The monoisotopic (exact) mass is 387 g/mol. The third kappa shape index (κ3) is 4.89. The van der Waals surface area contributed by atoms with Crippen molar-refractivity contribution >= 4 is 23.4 Å². The van der Waals surface area contributed by atoms with Crippen LogP contribution in [0.15, 0.2) is 63.8 Å². The second-order valence-corrected chi connectivity index (χ2v) is 6.65. The number of hydrogen-bond donors (Lipinski definition) is 2. The van der Waals surface area contributed by atoms with Crippen LogP contribution in [-0.4, -0.2) is 30.4 Å². The van der Waals surface area contributed by atoms with Gasteiger partial charge in [-0.1, -0.05) is 30.3 Å². The van der Waals surface area contributed by atoms with Crippen LogP contribution in [-0.2, 0) is 0 Å². The minimum Gasteiger partial charge on any atom is -0.491 e. The molecule has 6 heteroatoms. The molecule has 1 fully saturated rings. The van der Waals surface area contributed by atoms with Crippen LogP contribution in [0.2, 0.25) is 0 Å². The van der Waals surface area contributed by atoms with Crippen molar-refractivity contribution in [2.75, 3.05) is 13.2 Å². The van der Waals surface area contributed by atoms with Gasteiger partial charge in [0.15, 0.2) is 5.43 Å². The highest BCUT2D eigenvalue weighted by Gasteiger charge is 2.21. The molecule has 0 spiro atoms. The molecule has 5 nitrogen and oxygen atoms in total. The topological polar surface area (TPSA) is 71.7 Å². The van der Waals surface area contributed by atoms with E-state index in [1.165, 1.54) is 18.9 Å². The Bertz CT molecular complexity index is 953. The number of rotatable bonds is 7. The second kappa shape index (κ2) is 8.57. The van der Waals surface area contributed by atoms with Crippen molar-refractivity contribution in [3.8, 4) is 17.1 Å². The third-order valence-electron chi connectivity index (χ3n) is 4.42. The lowest BCUT2D eigenvalue weighted by atomic mass is 10.1. The van der Waals surface area contributed by atoms with Crippen molar-refractivity contribution < 1.29 is 14.3 Å². The Morgan fingerprint density at radius 3 is 2.67 bits per heavy atom. The van der Waals surface area contributed by atoms with Gasteiger partial charge in [-0.05, 0) is 25.0 Å². The number of hydrogen-bond acceptors (Lipinski definition) is 5. The highest BCUT2D eigenvalue weighted by molar-refractivity contribution is 5.85. The lowest BCUT2D eigenvalue weighted by Crippen LogP contribution is -2.32. The Kier molecular flexibility index (Phi) is 6.16. The SMILES string of the molecule is Cl.O=c1cc(-c2ccccc2)oc2cc(OCC(O)CNC3CC3)ccc12. The maximum atomic E-state index is 12.4. The van der Waals surface area contributed by atoms with Crippen molar-refractivity contribution in [2.45, 2.75) is 25.0 Å². The molecule has 0 amide bonds. The molecular weight excluding hydrogens is 366 g/mol. The maximum absolute atomic E-state index is 12.4. The predicted octanol–water partition coefficient (Wildman–Crippen LogP) is 3.37. The van der Waals surface area contributed by atoms with Gasteiger partial charge in [-0.2, -0.15) is 0 Å². The summed E-state index contributed by atoms with van der Waals surface area (Å²) in [5.41, 5.74) is 1.23. The number of nitrogens with one attached hydrogen (secondary N) is 1. The quantitative estimate of drug-likeness (QED) is 0.650. The van der Waals surface area contributed by atoms with Crippen molar-refractivity contribution in [2.24, 2.45) is 0 Å². The van der Waals surface area contributed by atoms with Gasteiger partial charge in [0.1, 0.15) is 29.8 Å². The van der Waals surface area contributed by atoms with E-state index in [4.69, 9.17) is 9.15 Å². The third-order valence-corrected chi connectivity index (χ3v) is 4.42. The molecule has 142 valence electrons. The fraction of sp³-hybridized carbons (Fsp3) is 0.286.